The maximum Gasteiger partial charge on any atom is 0.337 e. The molecule has 4 aromatic rings. The van der Waals surface area contributed by atoms with Crippen molar-refractivity contribution in [3.05, 3.63) is 64.6 Å². The maximum absolute atomic E-state index is 13.1. The standard InChI is InChI=1S/C22H20N4O6S/c27-21-20-19(17(12-23-20)22(28)29)16-11-15(5-6-18(16)24-21)33(30,31)25-13-1-3-14(4-2-13)26-7-9-32-10-8-26/h1-6,11-12,23,25H,7-10H2,(H,24,27)(H,28,29). The van der Waals surface area contributed by atoms with Gasteiger partial charge in [0.25, 0.3) is 15.6 Å². The van der Waals surface area contributed by atoms with Crippen molar-refractivity contribution in [3.63, 3.8) is 0 Å². The molecule has 11 heteroatoms. The zero-order valence-corrected chi connectivity index (χ0v) is 18.1. The van der Waals surface area contributed by atoms with Crippen LogP contribution in [0.1, 0.15) is 10.4 Å². The first-order chi connectivity index (χ1) is 15.8. The predicted molar refractivity (Wildman–Crippen MR) is 124 cm³/mol. The number of carbonyl (C=O) groups is 1. The molecule has 10 nitrogen and oxygen atoms in total. The third kappa shape index (κ3) is 3.81. The van der Waals surface area contributed by atoms with E-state index in [9.17, 15) is 23.1 Å². The first kappa shape index (κ1) is 21.0. The van der Waals surface area contributed by atoms with Crippen molar-refractivity contribution in [2.75, 3.05) is 35.9 Å². The van der Waals surface area contributed by atoms with Crippen molar-refractivity contribution < 1.29 is 23.1 Å². The Bertz CT molecular complexity index is 1530. The van der Waals surface area contributed by atoms with Crippen molar-refractivity contribution in [2.45, 2.75) is 4.90 Å². The van der Waals surface area contributed by atoms with Crippen LogP contribution in [0, 0.1) is 0 Å². The van der Waals surface area contributed by atoms with Gasteiger partial charge in [-0.25, -0.2) is 13.2 Å². The van der Waals surface area contributed by atoms with Crippen LogP contribution in [0.15, 0.2) is 58.4 Å². The van der Waals surface area contributed by atoms with Crippen molar-refractivity contribution in [3.8, 4) is 0 Å². The minimum Gasteiger partial charge on any atom is -0.478 e. The zero-order chi connectivity index (χ0) is 23.2. The lowest BCUT2D eigenvalue weighted by atomic mass is 10.1. The molecule has 0 atom stereocenters. The van der Waals surface area contributed by atoms with Gasteiger partial charge in [-0.15, -0.1) is 0 Å². The molecule has 1 fully saturated rings. The van der Waals surface area contributed by atoms with E-state index in [1.165, 1.54) is 24.4 Å². The summed E-state index contributed by atoms with van der Waals surface area (Å²) >= 11 is 0. The molecule has 0 saturated carbocycles. The molecule has 0 unspecified atom stereocenters. The Morgan fingerprint density at radius 2 is 1.82 bits per heavy atom. The highest BCUT2D eigenvalue weighted by Crippen LogP contribution is 2.28. The summed E-state index contributed by atoms with van der Waals surface area (Å²) < 4.78 is 34.0. The number of aromatic carboxylic acids is 1. The van der Waals surface area contributed by atoms with Crippen LogP contribution in [0.25, 0.3) is 21.8 Å². The van der Waals surface area contributed by atoms with Crippen molar-refractivity contribution in [1.29, 1.82) is 0 Å². The van der Waals surface area contributed by atoms with Gasteiger partial charge in [0.2, 0.25) is 0 Å². The summed E-state index contributed by atoms with van der Waals surface area (Å²) in [6, 6.07) is 11.2. The summed E-state index contributed by atoms with van der Waals surface area (Å²) in [5, 5.41) is 9.96. The molecule has 2 aromatic carbocycles. The Morgan fingerprint density at radius 1 is 1.09 bits per heavy atom. The number of aromatic amines is 2. The van der Waals surface area contributed by atoms with Gasteiger partial charge in [0, 0.05) is 47.0 Å². The van der Waals surface area contributed by atoms with E-state index in [4.69, 9.17) is 4.74 Å². The number of aromatic nitrogens is 2. The molecule has 170 valence electrons. The summed E-state index contributed by atoms with van der Waals surface area (Å²) in [6.45, 7) is 2.85. The second-order valence-corrected chi connectivity index (χ2v) is 9.35. The average Bonchev–Trinajstić information content (AvgIpc) is 3.26. The lowest BCUT2D eigenvalue weighted by molar-refractivity contribution is 0.0699. The van der Waals surface area contributed by atoms with E-state index in [0.29, 0.717) is 29.8 Å². The number of nitrogens with one attached hydrogen (secondary N) is 3. The van der Waals surface area contributed by atoms with Crippen LogP contribution in [0.5, 0.6) is 0 Å². The highest BCUT2D eigenvalue weighted by atomic mass is 32.2. The molecule has 2 aromatic heterocycles. The highest BCUT2D eigenvalue weighted by Gasteiger charge is 2.20. The molecular formula is C22H20N4O6S. The summed E-state index contributed by atoms with van der Waals surface area (Å²) in [6.07, 6.45) is 1.22. The average molecular weight is 468 g/mol. The number of H-pyrrole nitrogens is 2. The van der Waals surface area contributed by atoms with Crippen LogP contribution in [0.4, 0.5) is 11.4 Å². The van der Waals surface area contributed by atoms with Gasteiger partial charge in [-0.1, -0.05) is 0 Å². The second-order valence-electron chi connectivity index (χ2n) is 7.67. The first-order valence-corrected chi connectivity index (χ1v) is 11.7. The molecule has 3 heterocycles. The van der Waals surface area contributed by atoms with E-state index in [1.54, 1.807) is 12.1 Å². The van der Waals surface area contributed by atoms with Gasteiger partial charge in [0.05, 0.1) is 23.7 Å². The fourth-order valence-corrected chi connectivity index (χ4v) is 5.10. The van der Waals surface area contributed by atoms with Gasteiger partial charge in [0.1, 0.15) is 5.52 Å². The zero-order valence-electron chi connectivity index (χ0n) is 17.3. The summed E-state index contributed by atoms with van der Waals surface area (Å²) in [7, 11) is -3.97. The van der Waals surface area contributed by atoms with E-state index < -0.39 is 21.6 Å². The van der Waals surface area contributed by atoms with Crippen LogP contribution in [-0.4, -0.2) is 55.8 Å². The van der Waals surface area contributed by atoms with Gasteiger partial charge < -0.3 is 24.7 Å². The number of benzene rings is 2. The van der Waals surface area contributed by atoms with E-state index in [-0.39, 0.29) is 21.4 Å². The SMILES string of the molecule is O=C(O)c1c[nH]c2c(=O)[nH]c3ccc(S(=O)(=O)Nc4ccc(N5CCOCC5)cc4)cc3c12. The number of rotatable bonds is 5. The number of morpholine rings is 1. The molecule has 4 N–H and O–H groups in total. The minimum absolute atomic E-state index is 0.0573. The molecule has 1 saturated heterocycles. The van der Waals surface area contributed by atoms with Crippen molar-refractivity contribution >= 4 is 49.2 Å². The molecular weight excluding hydrogens is 448 g/mol. The number of hydrogen-bond acceptors (Lipinski definition) is 6. The third-order valence-corrected chi connectivity index (χ3v) is 7.03. The number of pyridine rings is 1. The highest BCUT2D eigenvalue weighted by molar-refractivity contribution is 7.92. The normalized spacial score (nSPS) is 14.6. The topological polar surface area (TPSA) is 145 Å². The first-order valence-electron chi connectivity index (χ1n) is 10.2. The van der Waals surface area contributed by atoms with E-state index in [1.807, 2.05) is 12.1 Å². The van der Waals surface area contributed by atoms with Crippen LogP contribution in [-0.2, 0) is 14.8 Å². The summed E-state index contributed by atoms with van der Waals surface area (Å²) in [5.41, 5.74) is 1.18. The fraction of sp³-hybridized carbons (Fsp3) is 0.182. The number of hydrogen-bond donors (Lipinski definition) is 4. The van der Waals surface area contributed by atoms with Crippen LogP contribution < -0.4 is 15.2 Å². The van der Waals surface area contributed by atoms with Crippen LogP contribution in [0.3, 0.4) is 0 Å². The molecule has 0 aliphatic carbocycles. The number of carboxylic acid groups (broad SMARTS) is 1. The van der Waals surface area contributed by atoms with Gasteiger partial charge in [-0.2, -0.15) is 0 Å². The van der Waals surface area contributed by atoms with Gasteiger partial charge in [0.15, 0.2) is 0 Å². The molecule has 0 bridgehead atoms. The lowest BCUT2D eigenvalue weighted by Gasteiger charge is -2.28. The smallest absolute Gasteiger partial charge is 0.337 e. The van der Waals surface area contributed by atoms with Gasteiger partial charge >= 0.3 is 5.97 Å². The molecule has 5 rings (SSSR count). The molecule has 33 heavy (non-hydrogen) atoms. The van der Waals surface area contributed by atoms with E-state index in [0.717, 1.165) is 18.8 Å². The lowest BCUT2D eigenvalue weighted by Crippen LogP contribution is -2.36. The monoisotopic (exact) mass is 468 g/mol. The molecule has 1 aliphatic heterocycles. The number of carboxylic acids is 1. The Kier molecular flexibility index (Phi) is 5.06. The molecule has 0 amide bonds. The van der Waals surface area contributed by atoms with Gasteiger partial charge in [-0.3, -0.25) is 9.52 Å². The second kappa shape index (κ2) is 7.94. The van der Waals surface area contributed by atoms with Crippen molar-refractivity contribution in [2.24, 2.45) is 0 Å². The molecule has 1 aliphatic rings. The third-order valence-electron chi connectivity index (χ3n) is 5.65. The quantitative estimate of drug-likeness (QED) is 0.352. The maximum atomic E-state index is 13.1. The Labute approximate surface area is 187 Å². The Hall–Kier alpha value is -3.83. The number of ether oxygens (including phenoxy) is 1. The largest absolute Gasteiger partial charge is 0.478 e. The minimum atomic E-state index is -3.97. The number of nitrogens with zero attached hydrogens (tertiary/aromatic N) is 1. The summed E-state index contributed by atoms with van der Waals surface area (Å²) in [4.78, 5) is 31.3. The Balaban J connectivity index is 1.51. The van der Waals surface area contributed by atoms with Crippen molar-refractivity contribution in [1.82, 2.24) is 9.97 Å². The summed E-state index contributed by atoms with van der Waals surface area (Å²) in [5.74, 6) is -1.22. The van der Waals surface area contributed by atoms with Crippen LogP contribution >= 0.6 is 0 Å². The van der Waals surface area contributed by atoms with Gasteiger partial charge in [-0.05, 0) is 42.5 Å². The molecule has 0 radical (unpaired) electrons. The molecule has 0 spiro atoms. The van der Waals surface area contributed by atoms with Crippen LogP contribution in [0.2, 0.25) is 0 Å². The van der Waals surface area contributed by atoms with E-state index >= 15 is 0 Å². The van der Waals surface area contributed by atoms with E-state index in [2.05, 4.69) is 19.6 Å². The number of sulfonamides is 1. The predicted octanol–water partition coefficient (Wildman–Crippen LogP) is 2.34. The number of fused-ring (bicyclic) bond motifs is 3. The Morgan fingerprint density at radius 3 is 2.52 bits per heavy atom. The number of anilines is 2. The fourth-order valence-electron chi connectivity index (χ4n) is 4.02.